The van der Waals surface area contributed by atoms with Crippen LogP contribution in [0.25, 0.3) is 6.08 Å². The Hall–Kier alpha value is -1.63. The summed E-state index contributed by atoms with van der Waals surface area (Å²) in [6, 6.07) is 2.25. The number of anilines is 1. The van der Waals surface area contributed by atoms with E-state index in [0.717, 1.165) is 37.7 Å². The number of hydrogen-bond donors (Lipinski definition) is 2. The van der Waals surface area contributed by atoms with Gasteiger partial charge in [-0.25, -0.2) is 15.3 Å². The van der Waals surface area contributed by atoms with Gasteiger partial charge in [0.25, 0.3) is 5.91 Å². The van der Waals surface area contributed by atoms with Crippen LogP contribution in [0.3, 0.4) is 0 Å². The zero-order valence-electron chi connectivity index (χ0n) is 14.2. The number of nitrogens with one attached hydrogen (secondary N) is 2. The van der Waals surface area contributed by atoms with Gasteiger partial charge in [0.15, 0.2) is 6.29 Å². The summed E-state index contributed by atoms with van der Waals surface area (Å²) in [5, 5.41) is 3.93. The molecule has 1 aliphatic carbocycles. The zero-order valence-corrected chi connectivity index (χ0v) is 14.9. The van der Waals surface area contributed by atoms with Crippen molar-refractivity contribution in [2.45, 2.75) is 57.3 Å². The third kappa shape index (κ3) is 5.70. The first-order valence-corrected chi connectivity index (χ1v) is 9.26. The van der Waals surface area contributed by atoms with Gasteiger partial charge in [0.2, 0.25) is 0 Å². The van der Waals surface area contributed by atoms with Gasteiger partial charge in [0.1, 0.15) is 5.82 Å². The zero-order chi connectivity index (χ0) is 17.5. The van der Waals surface area contributed by atoms with Crippen molar-refractivity contribution in [2.75, 3.05) is 11.9 Å². The molecule has 1 unspecified atom stereocenters. The summed E-state index contributed by atoms with van der Waals surface area (Å²) in [5.41, 5.74) is 3.14. The second-order valence-corrected chi connectivity index (χ2v) is 6.85. The van der Waals surface area contributed by atoms with Crippen LogP contribution in [0.5, 0.6) is 0 Å². The molecule has 1 saturated carbocycles. The summed E-state index contributed by atoms with van der Waals surface area (Å²) >= 11 is 6.29. The van der Waals surface area contributed by atoms with Gasteiger partial charge in [-0.3, -0.25) is 4.79 Å². The van der Waals surface area contributed by atoms with Gasteiger partial charge in [0, 0.05) is 31.3 Å². The van der Waals surface area contributed by atoms with Crippen LogP contribution in [0, 0.1) is 0 Å². The average Bonchev–Trinajstić information content (AvgIpc) is 3.14. The molecule has 136 valence electrons. The molecule has 7 heteroatoms. The standard InChI is InChI=1S/C18H24ClN3O3/c19-15-11-13(12-20-18(15)21-14-5-1-2-6-14)8-9-16(23)22-25-17-7-3-4-10-24-17/h8-9,11-12,14,17H,1-7,10H2,(H,20,21)(H,22,23). The lowest BCUT2D eigenvalue weighted by molar-refractivity contribution is -0.198. The summed E-state index contributed by atoms with van der Waals surface area (Å²) in [5.74, 6) is 0.353. The highest BCUT2D eigenvalue weighted by atomic mass is 35.5. The fraction of sp³-hybridized carbons (Fsp3) is 0.556. The van der Waals surface area contributed by atoms with Crippen molar-refractivity contribution in [3.05, 3.63) is 28.9 Å². The maximum Gasteiger partial charge on any atom is 0.267 e. The molecule has 1 aliphatic heterocycles. The van der Waals surface area contributed by atoms with Crippen molar-refractivity contribution in [3.8, 4) is 0 Å². The first kappa shape index (κ1) is 18.2. The summed E-state index contributed by atoms with van der Waals surface area (Å²) in [6.45, 7) is 0.668. The first-order valence-electron chi connectivity index (χ1n) is 8.88. The monoisotopic (exact) mass is 365 g/mol. The largest absolute Gasteiger partial charge is 0.366 e. The smallest absolute Gasteiger partial charge is 0.267 e. The number of aromatic nitrogens is 1. The third-order valence-corrected chi connectivity index (χ3v) is 4.70. The molecule has 1 aromatic heterocycles. The molecule has 25 heavy (non-hydrogen) atoms. The Morgan fingerprint density at radius 2 is 2.08 bits per heavy atom. The number of rotatable bonds is 6. The van der Waals surface area contributed by atoms with E-state index >= 15 is 0 Å². The number of amides is 1. The first-order chi connectivity index (χ1) is 12.2. The van der Waals surface area contributed by atoms with Crippen LogP contribution in [-0.4, -0.2) is 29.8 Å². The number of ether oxygens (including phenoxy) is 1. The van der Waals surface area contributed by atoms with E-state index in [1.165, 1.54) is 18.9 Å². The van der Waals surface area contributed by atoms with Crippen LogP contribution in [0.15, 0.2) is 18.3 Å². The van der Waals surface area contributed by atoms with E-state index in [9.17, 15) is 4.79 Å². The Bertz CT molecular complexity index is 612. The van der Waals surface area contributed by atoms with Gasteiger partial charge in [-0.05, 0) is 43.4 Å². The summed E-state index contributed by atoms with van der Waals surface area (Å²) in [6.07, 6.45) is 12.1. The van der Waals surface area contributed by atoms with Crippen LogP contribution in [0.2, 0.25) is 5.02 Å². The number of hydrogen-bond acceptors (Lipinski definition) is 5. The van der Waals surface area contributed by atoms with Crippen LogP contribution in [0.4, 0.5) is 5.82 Å². The van der Waals surface area contributed by atoms with Gasteiger partial charge in [-0.2, -0.15) is 0 Å². The molecule has 0 aromatic carbocycles. The minimum Gasteiger partial charge on any atom is -0.366 e. The number of carbonyl (C=O) groups is 1. The number of halogens is 1. The van der Waals surface area contributed by atoms with Gasteiger partial charge >= 0.3 is 0 Å². The predicted molar refractivity (Wildman–Crippen MR) is 97.0 cm³/mol. The molecule has 0 radical (unpaired) electrons. The molecular weight excluding hydrogens is 342 g/mol. The Morgan fingerprint density at radius 3 is 2.80 bits per heavy atom. The number of nitrogens with zero attached hydrogens (tertiary/aromatic N) is 1. The molecule has 2 heterocycles. The Morgan fingerprint density at radius 1 is 1.28 bits per heavy atom. The molecule has 3 rings (SSSR count). The number of hydroxylamine groups is 1. The molecule has 1 aromatic rings. The lowest BCUT2D eigenvalue weighted by Gasteiger charge is -2.21. The highest BCUT2D eigenvalue weighted by Crippen LogP contribution is 2.26. The maximum absolute atomic E-state index is 11.8. The van der Waals surface area contributed by atoms with E-state index in [4.69, 9.17) is 21.2 Å². The van der Waals surface area contributed by atoms with Gasteiger partial charge in [-0.1, -0.05) is 24.4 Å². The molecule has 2 aliphatic rings. The minimum atomic E-state index is -0.358. The Labute approximate surface area is 152 Å². The molecular formula is C18H24ClN3O3. The SMILES string of the molecule is O=C(C=Cc1cnc(NC2CCCC2)c(Cl)c1)NOC1CCCCO1. The lowest BCUT2D eigenvalue weighted by atomic mass is 10.2. The van der Waals surface area contributed by atoms with Gasteiger partial charge in [-0.15, -0.1) is 0 Å². The van der Waals surface area contributed by atoms with Crippen LogP contribution >= 0.6 is 11.6 Å². The second-order valence-electron chi connectivity index (χ2n) is 6.44. The molecule has 1 saturated heterocycles. The van der Waals surface area contributed by atoms with E-state index in [1.54, 1.807) is 18.3 Å². The highest BCUT2D eigenvalue weighted by molar-refractivity contribution is 6.33. The van der Waals surface area contributed by atoms with Crippen molar-refractivity contribution >= 4 is 29.4 Å². The van der Waals surface area contributed by atoms with Crippen LogP contribution in [0.1, 0.15) is 50.5 Å². The topological polar surface area (TPSA) is 72.5 Å². The molecule has 1 atom stereocenters. The van der Waals surface area contributed by atoms with E-state index < -0.39 is 0 Å². The van der Waals surface area contributed by atoms with Crippen molar-refractivity contribution in [2.24, 2.45) is 0 Å². The third-order valence-electron chi connectivity index (χ3n) is 4.41. The predicted octanol–water partition coefficient (Wildman–Crippen LogP) is 3.68. The summed E-state index contributed by atoms with van der Waals surface area (Å²) in [4.78, 5) is 21.4. The Kier molecular flexibility index (Phi) is 6.67. The summed E-state index contributed by atoms with van der Waals surface area (Å²) in [7, 11) is 0. The fourth-order valence-corrected chi connectivity index (χ4v) is 3.28. The molecule has 0 spiro atoms. The van der Waals surface area contributed by atoms with Crippen molar-refractivity contribution in [1.82, 2.24) is 10.5 Å². The van der Waals surface area contributed by atoms with E-state index in [2.05, 4.69) is 15.8 Å². The molecule has 2 fully saturated rings. The molecule has 6 nitrogen and oxygen atoms in total. The molecule has 0 bridgehead atoms. The quantitative estimate of drug-likeness (QED) is 0.594. The van der Waals surface area contributed by atoms with Crippen molar-refractivity contribution in [1.29, 1.82) is 0 Å². The molecule has 1 amide bonds. The second kappa shape index (κ2) is 9.17. The minimum absolute atomic E-state index is 0.349. The van der Waals surface area contributed by atoms with Crippen LogP contribution in [-0.2, 0) is 14.4 Å². The van der Waals surface area contributed by atoms with Gasteiger partial charge in [0.05, 0.1) is 5.02 Å². The van der Waals surface area contributed by atoms with Gasteiger partial charge < -0.3 is 10.1 Å². The maximum atomic E-state index is 11.8. The van der Waals surface area contributed by atoms with Crippen molar-refractivity contribution in [3.63, 3.8) is 0 Å². The fourth-order valence-electron chi connectivity index (χ4n) is 3.05. The van der Waals surface area contributed by atoms with Crippen LogP contribution < -0.4 is 10.8 Å². The normalized spacial score (nSPS) is 21.6. The lowest BCUT2D eigenvalue weighted by Crippen LogP contribution is -2.32. The number of pyridine rings is 1. The van der Waals surface area contributed by atoms with E-state index in [1.807, 2.05) is 0 Å². The molecule has 2 N–H and O–H groups in total. The number of carbonyl (C=O) groups excluding carboxylic acids is 1. The van der Waals surface area contributed by atoms with E-state index in [0.29, 0.717) is 23.5 Å². The summed E-state index contributed by atoms with van der Waals surface area (Å²) < 4.78 is 5.38. The highest BCUT2D eigenvalue weighted by Gasteiger charge is 2.16. The van der Waals surface area contributed by atoms with E-state index in [-0.39, 0.29) is 12.2 Å². The Balaban J connectivity index is 1.48. The average molecular weight is 366 g/mol. The van der Waals surface area contributed by atoms with Crippen molar-refractivity contribution < 1.29 is 14.4 Å².